The first-order chi connectivity index (χ1) is 9.81. The van der Waals surface area contributed by atoms with E-state index in [4.69, 9.17) is 0 Å². The predicted molar refractivity (Wildman–Crippen MR) is 85.9 cm³/mol. The largest absolute Gasteiger partial charge is 0.370 e. The summed E-state index contributed by atoms with van der Waals surface area (Å²) in [5, 5.41) is 3.32. The highest BCUT2D eigenvalue weighted by atomic mass is 15.1. The van der Waals surface area contributed by atoms with Crippen molar-refractivity contribution < 1.29 is 0 Å². The van der Waals surface area contributed by atoms with Gasteiger partial charge in [0.15, 0.2) is 0 Å². The van der Waals surface area contributed by atoms with Crippen LogP contribution in [0.1, 0.15) is 51.5 Å². The number of anilines is 1. The molecule has 2 heterocycles. The molecule has 1 fully saturated rings. The fraction of sp³-hybridized carbons (Fsp3) is 0.706. The van der Waals surface area contributed by atoms with E-state index in [9.17, 15) is 0 Å². The summed E-state index contributed by atoms with van der Waals surface area (Å²) in [4.78, 5) is 7.06. The van der Waals surface area contributed by atoms with Gasteiger partial charge in [-0.2, -0.15) is 0 Å². The molecule has 1 aromatic heterocycles. The molecule has 1 aliphatic heterocycles. The zero-order valence-electron chi connectivity index (χ0n) is 13.1. The van der Waals surface area contributed by atoms with E-state index in [0.717, 1.165) is 31.2 Å². The SMILES string of the molecule is CCCNc1ccc(CN2CCC(CCC)CC2)cn1. The zero-order chi connectivity index (χ0) is 14.2. The van der Waals surface area contributed by atoms with Crippen molar-refractivity contribution in [2.24, 2.45) is 5.92 Å². The summed E-state index contributed by atoms with van der Waals surface area (Å²) >= 11 is 0. The van der Waals surface area contributed by atoms with Crippen molar-refractivity contribution in [3.63, 3.8) is 0 Å². The van der Waals surface area contributed by atoms with Crippen LogP contribution in [-0.4, -0.2) is 29.5 Å². The summed E-state index contributed by atoms with van der Waals surface area (Å²) in [5.74, 6) is 1.97. The fourth-order valence-corrected chi connectivity index (χ4v) is 2.98. The van der Waals surface area contributed by atoms with E-state index in [1.807, 2.05) is 6.20 Å². The normalized spacial score (nSPS) is 17.3. The number of nitrogens with zero attached hydrogens (tertiary/aromatic N) is 2. The third-order valence-electron chi connectivity index (χ3n) is 4.19. The third-order valence-corrected chi connectivity index (χ3v) is 4.19. The molecule has 0 aromatic carbocycles. The molecule has 0 aliphatic carbocycles. The number of piperidine rings is 1. The Labute approximate surface area is 123 Å². The average Bonchev–Trinajstić information content (AvgIpc) is 2.49. The van der Waals surface area contributed by atoms with Gasteiger partial charge in [0.25, 0.3) is 0 Å². The minimum atomic E-state index is 0.968. The highest BCUT2D eigenvalue weighted by molar-refractivity contribution is 5.35. The number of likely N-dealkylation sites (tertiary alicyclic amines) is 1. The van der Waals surface area contributed by atoms with Crippen LogP contribution in [0.15, 0.2) is 18.3 Å². The maximum Gasteiger partial charge on any atom is 0.125 e. The molecule has 1 aliphatic rings. The Balaban J connectivity index is 1.76. The first kappa shape index (κ1) is 15.3. The van der Waals surface area contributed by atoms with Crippen molar-refractivity contribution in [3.8, 4) is 0 Å². The molecular formula is C17H29N3. The first-order valence-corrected chi connectivity index (χ1v) is 8.23. The molecule has 20 heavy (non-hydrogen) atoms. The Hall–Kier alpha value is -1.09. The topological polar surface area (TPSA) is 28.2 Å². The van der Waals surface area contributed by atoms with Crippen LogP contribution in [0.25, 0.3) is 0 Å². The van der Waals surface area contributed by atoms with Crippen molar-refractivity contribution in [2.75, 3.05) is 25.0 Å². The van der Waals surface area contributed by atoms with E-state index < -0.39 is 0 Å². The number of hydrogen-bond acceptors (Lipinski definition) is 3. The molecule has 0 atom stereocenters. The van der Waals surface area contributed by atoms with Crippen LogP contribution in [0, 0.1) is 5.92 Å². The van der Waals surface area contributed by atoms with Gasteiger partial charge < -0.3 is 5.32 Å². The Morgan fingerprint density at radius 2 is 2.00 bits per heavy atom. The van der Waals surface area contributed by atoms with Gasteiger partial charge in [0.2, 0.25) is 0 Å². The maximum absolute atomic E-state index is 4.49. The molecule has 0 radical (unpaired) electrons. The van der Waals surface area contributed by atoms with Gasteiger partial charge in [-0.25, -0.2) is 4.98 Å². The molecule has 1 aromatic rings. The van der Waals surface area contributed by atoms with Crippen LogP contribution in [0.4, 0.5) is 5.82 Å². The monoisotopic (exact) mass is 275 g/mol. The molecule has 112 valence electrons. The Bertz CT molecular complexity index is 366. The summed E-state index contributed by atoms with van der Waals surface area (Å²) in [6, 6.07) is 4.32. The Morgan fingerprint density at radius 1 is 1.20 bits per heavy atom. The van der Waals surface area contributed by atoms with Gasteiger partial charge in [-0.1, -0.05) is 32.8 Å². The molecule has 1 N–H and O–H groups in total. The second-order valence-corrected chi connectivity index (χ2v) is 5.99. The van der Waals surface area contributed by atoms with E-state index in [1.54, 1.807) is 0 Å². The first-order valence-electron chi connectivity index (χ1n) is 8.23. The summed E-state index contributed by atoms with van der Waals surface area (Å²) in [6.07, 6.45) is 8.65. The van der Waals surface area contributed by atoms with E-state index in [-0.39, 0.29) is 0 Å². The molecule has 0 spiro atoms. The summed E-state index contributed by atoms with van der Waals surface area (Å²) < 4.78 is 0. The molecule has 0 amide bonds. The number of rotatable bonds is 7. The van der Waals surface area contributed by atoms with E-state index in [1.165, 1.54) is 44.3 Å². The molecule has 0 unspecified atom stereocenters. The predicted octanol–water partition coefficient (Wildman–Crippen LogP) is 3.92. The second-order valence-electron chi connectivity index (χ2n) is 5.99. The van der Waals surface area contributed by atoms with E-state index >= 15 is 0 Å². The van der Waals surface area contributed by atoms with Crippen LogP contribution >= 0.6 is 0 Å². The molecular weight excluding hydrogens is 246 g/mol. The van der Waals surface area contributed by atoms with Crippen molar-refractivity contribution in [1.82, 2.24) is 9.88 Å². The summed E-state index contributed by atoms with van der Waals surface area (Å²) in [6.45, 7) is 9.02. The van der Waals surface area contributed by atoms with Crippen molar-refractivity contribution in [3.05, 3.63) is 23.9 Å². The molecule has 2 rings (SSSR count). The lowest BCUT2D eigenvalue weighted by Gasteiger charge is -2.31. The Kier molecular flexibility index (Phi) is 6.31. The highest BCUT2D eigenvalue weighted by Crippen LogP contribution is 2.22. The van der Waals surface area contributed by atoms with Gasteiger partial charge in [-0.05, 0) is 49.9 Å². The van der Waals surface area contributed by atoms with Crippen molar-refractivity contribution in [2.45, 2.75) is 52.5 Å². The lowest BCUT2D eigenvalue weighted by atomic mass is 9.92. The van der Waals surface area contributed by atoms with E-state index in [0.29, 0.717) is 0 Å². The summed E-state index contributed by atoms with van der Waals surface area (Å²) in [5.41, 5.74) is 1.33. The molecule has 1 saturated heterocycles. The Morgan fingerprint density at radius 3 is 2.60 bits per heavy atom. The van der Waals surface area contributed by atoms with Crippen LogP contribution in [0.5, 0.6) is 0 Å². The summed E-state index contributed by atoms with van der Waals surface area (Å²) in [7, 11) is 0. The van der Waals surface area contributed by atoms with Crippen LogP contribution in [0.2, 0.25) is 0 Å². The van der Waals surface area contributed by atoms with Gasteiger partial charge in [0, 0.05) is 19.3 Å². The molecule has 3 nitrogen and oxygen atoms in total. The second kappa shape index (κ2) is 8.25. The molecule has 0 saturated carbocycles. The van der Waals surface area contributed by atoms with Gasteiger partial charge in [-0.15, -0.1) is 0 Å². The number of pyridine rings is 1. The van der Waals surface area contributed by atoms with Gasteiger partial charge in [0.05, 0.1) is 0 Å². The van der Waals surface area contributed by atoms with Crippen molar-refractivity contribution >= 4 is 5.82 Å². The molecule has 0 bridgehead atoms. The van der Waals surface area contributed by atoms with Crippen molar-refractivity contribution in [1.29, 1.82) is 0 Å². The maximum atomic E-state index is 4.49. The fourth-order valence-electron chi connectivity index (χ4n) is 2.98. The average molecular weight is 275 g/mol. The van der Waals surface area contributed by atoms with Crippen LogP contribution in [-0.2, 0) is 6.54 Å². The van der Waals surface area contributed by atoms with Gasteiger partial charge in [0.1, 0.15) is 5.82 Å². The minimum absolute atomic E-state index is 0.968. The van der Waals surface area contributed by atoms with E-state index in [2.05, 4.69) is 41.2 Å². The quantitative estimate of drug-likeness (QED) is 0.817. The third kappa shape index (κ3) is 4.78. The lowest BCUT2D eigenvalue weighted by molar-refractivity contribution is 0.171. The van der Waals surface area contributed by atoms with Gasteiger partial charge >= 0.3 is 0 Å². The standard InChI is InChI=1S/C17H29N3/c1-3-5-15-8-11-20(12-9-15)14-16-6-7-17(19-13-16)18-10-4-2/h6-7,13,15H,3-5,8-12,14H2,1-2H3,(H,18,19). The smallest absolute Gasteiger partial charge is 0.125 e. The van der Waals surface area contributed by atoms with Crippen LogP contribution in [0.3, 0.4) is 0 Å². The molecule has 3 heteroatoms. The number of aromatic nitrogens is 1. The highest BCUT2D eigenvalue weighted by Gasteiger charge is 2.18. The zero-order valence-corrected chi connectivity index (χ0v) is 13.1. The number of hydrogen-bond donors (Lipinski definition) is 1. The van der Waals surface area contributed by atoms with Crippen LogP contribution < -0.4 is 5.32 Å². The van der Waals surface area contributed by atoms with Gasteiger partial charge in [-0.3, -0.25) is 4.90 Å². The lowest BCUT2D eigenvalue weighted by Crippen LogP contribution is -2.33. The minimum Gasteiger partial charge on any atom is -0.370 e. The number of nitrogens with one attached hydrogen (secondary N) is 1.